The lowest BCUT2D eigenvalue weighted by Crippen LogP contribution is -2.37. The molecule has 0 aliphatic heterocycles. The van der Waals surface area contributed by atoms with Gasteiger partial charge < -0.3 is 15.1 Å². The van der Waals surface area contributed by atoms with Crippen LogP contribution in [0.2, 0.25) is 0 Å². The first-order valence-corrected chi connectivity index (χ1v) is 7.23. The second-order valence-corrected chi connectivity index (χ2v) is 5.27. The van der Waals surface area contributed by atoms with Gasteiger partial charge in [-0.3, -0.25) is 9.59 Å². The van der Waals surface area contributed by atoms with Gasteiger partial charge in [-0.2, -0.15) is 0 Å². The zero-order chi connectivity index (χ0) is 15.2. The van der Waals surface area contributed by atoms with Gasteiger partial charge in [0.2, 0.25) is 5.91 Å². The number of nitrogens with one attached hydrogen (secondary N) is 2. The van der Waals surface area contributed by atoms with Gasteiger partial charge in [0.15, 0.2) is 10.4 Å². The Morgan fingerprint density at radius 1 is 1.19 bits per heavy atom. The van der Waals surface area contributed by atoms with Crippen molar-refractivity contribution in [2.45, 2.75) is 13.0 Å². The van der Waals surface area contributed by atoms with E-state index in [-0.39, 0.29) is 24.3 Å². The Morgan fingerprint density at radius 2 is 1.90 bits per heavy atom. The number of amides is 2. The maximum absolute atomic E-state index is 11.8. The highest BCUT2D eigenvalue weighted by molar-refractivity contribution is 9.10. The Hall–Kier alpha value is -2.08. The topological polar surface area (TPSA) is 71.3 Å². The third kappa shape index (κ3) is 4.46. The van der Waals surface area contributed by atoms with Gasteiger partial charge in [0, 0.05) is 0 Å². The Morgan fingerprint density at radius 3 is 2.52 bits per heavy atom. The molecule has 0 aliphatic carbocycles. The smallest absolute Gasteiger partial charge is 0.287 e. The molecule has 0 saturated heterocycles. The average molecular weight is 351 g/mol. The van der Waals surface area contributed by atoms with Crippen molar-refractivity contribution in [3.63, 3.8) is 0 Å². The van der Waals surface area contributed by atoms with Gasteiger partial charge in [0.05, 0.1) is 12.6 Å². The monoisotopic (exact) mass is 350 g/mol. The van der Waals surface area contributed by atoms with Crippen LogP contribution in [-0.2, 0) is 4.79 Å². The van der Waals surface area contributed by atoms with Crippen LogP contribution in [0, 0.1) is 0 Å². The third-order valence-electron chi connectivity index (χ3n) is 2.88. The standard InChI is InChI=1S/C15H15BrN2O3/c1-10(11-5-3-2-4-6-11)18-14(19)9-17-15(20)12-7-8-13(16)21-12/h2-8,10H,9H2,1H3,(H,17,20)(H,18,19). The molecular formula is C15H15BrN2O3. The second kappa shape index (κ2) is 7.08. The van der Waals surface area contributed by atoms with Crippen LogP contribution in [0.25, 0.3) is 0 Å². The summed E-state index contributed by atoms with van der Waals surface area (Å²) < 4.78 is 5.57. The van der Waals surface area contributed by atoms with E-state index < -0.39 is 5.91 Å². The maximum Gasteiger partial charge on any atom is 0.287 e. The SMILES string of the molecule is CC(NC(=O)CNC(=O)c1ccc(Br)o1)c1ccccc1. The number of carbonyl (C=O) groups excluding carboxylic acids is 2. The van der Waals surface area contributed by atoms with E-state index in [1.807, 2.05) is 37.3 Å². The summed E-state index contributed by atoms with van der Waals surface area (Å²) in [6.45, 7) is 1.78. The van der Waals surface area contributed by atoms with E-state index in [9.17, 15) is 9.59 Å². The number of hydrogen-bond acceptors (Lipinski definition) is 3. The fourth-order valence-corrected chi connectivity index (χ4v) is 2.11. The lowest BCUT2D eigenvalue weighted by molar-refractivity contribution is -0.120. The fourth-order valence-electron chi connectivity index (χ4n) is 1.80. The van der Waals surface area contributed by atoms with Gasteiger partial charge in [0.1, 0.15) is 0 Å². The number of benzene rings is 1. The molecule has 0 fully saturated rings. The molecule has 0 radical (unpaired) electrons. The molecule has 1 aromatic carbocycles. The van der Waals surface area contributed by atoms with E-state index >= 15 is 0 Å². The molecule has 0 spiro atoms. The highest BCUT2D eigenvalue weighted by atomic mass is 79.9. The summed E-state index contributed by atoms with van der Waals surface area (Å²) in [7, 11) is 0. The highest BCUT2D eigenvalue weighted by Crippen LogP contribution is 2.13. The minimum Gasteiger partial charge on any atom is -0.444 e. The van der Waals surface area contributed by atoms with Crippen LogP contribution in [0.1, 0.15) is 29.1 Å². The first kappa shape index (κ1) is 15.3. The first-order chi connectivity index (χ1) is 10.1. The van der Waals surface area contributed by atoms with Crippen LogP contribution in [0.5, 0.6) is 0 Å². The zero-order valence-corrected chi connectivity index (χ0v) is 13.0. The third-order valence-corrected chi connectivity index (χ3v) is 3.31. The number of carbonyl (C=O) groups is 2. The van der Waals surface area contributed by atoms with E-state index in [1.54, 1.807) is 6.07 Å². The molecule has 0 aliphatic rings. The van der Waals surface area contributed by atoms with Crippen molar-refractivity contribution < 1.29 is 14.0 Å². The highest BCUT2D eigenvalue weighted by Gasteiger charge is 2.13. The molecule has 2 amide bonds. The normalized spacial score (nSPS) is 11.7. The predicted molar refractivity (Wildman–Crippen MR) is 81.7 cm³/mol. The lowest BCUT2D eigenvalue weighted by atomic mass is 10.1. The zero-order valence-electron chi connectivity index (χ0n) is 11.4. The Bertz CT molecular complexity index is 625. The average Bonchev–Trinajstić information content (AvgIpc) is 2.92. The minimum absolute atomic E-state index is 0.103. The quantitative estimate of drug-likeness (QED) is 0.870. The molecule has 1 aromatic heterocycles. The number of rotatable bonds is 5. The molecule has 110 valence electrons. The molecule has 0 saturated carbocycles. The second-order valence-electron chi connectivity index (χ2n) is 4.49. The van der Waals surface area contributed by atoms with Crippen molar-refractivity contribution in [2.75, 3.05) is 6.54 Å². The van der Waals surface area contributed by atoms with Crippen LogP contribution < -0.4 is 10.6 Å². The fraction of sp³-hybridized carbons (Fsp3) is 0.200. The molecule has 5 nitrogen and oxygen atoms in total. The number of furan rings is 1. The lowest BCUT2D eigenvalue weighted by Gasteiger charge is -2.14. The molecule has 0 bridgehead atoms. The first-order valence-electron chi connectivity index (χ1n) is 6.44. The van der Waals surface area contributed by atoms with Crippen LogP contribution >= 0.6 is 15.9 Å². The molecule has 1 heterocycles. The molecule has 2 N–H and O–H groups in total. The Labute approximate surface area is 130 Å². The summed E-state index contributed by atoms with van der Waals surface area (Å²) in [5, 5.41) is 5.32. The molecule has 1 atom stereocenters. The predicted octanol–water partition coefficient (Wildman–Crippen LogP) is 2.65. The summed E-state index contributed by atoms with van der Waals surface area (Å²) >= 11 is 3.11. The van der Waals surface area contributed by atoms with Crippen molar-refractivity contribution >= 4 is 27.7 Å². The maximum atomic E-state index is 11.8. The Kier molecular flexibility index (Phi) is 5.16. The number of halogens is 1. The van der Waals surface area contributed by atoms with E-state index in [1.165, 1.54) is 6.07 Å². The molecule has 2 rings (SSSR count). The van der Waals surface area contributed by atoms with E-state index in [0.29, 0.717) is 4.67 Å². The minimum atomic E-state index is -0.428. The van der Waals surface area contributed by atoms with Crippen molar-refractivity contribution in [1.29, 1.82) is 0 Å². The molecule has 6 heteroatoms. The van der Waals surface area contributed by atoms with Crippen molar-refractivity contribution in [1.82, 2.24) is 10.6 Å². The van der Waals surface area contributed by atoms with Crippen LogP contribution in [-0.4, -0.2) is 18.4 Å². The van der Waals surface area contributed by atoms with E-state index in [0.717, 1.165) is 5.56 Å². The van der Waals surface area contributed by atoms with Crippen LogP contribution in [0.15, 0.2) is 51.6 Å². The van der Waals surface area contributed by atoms with E-state index in [4.69, 9.17) is 4.42 Å². The van der Waals surface area contributed by atoms with Crippen LogP contribution in [0.4, 0.5) is 0 Å². The number of hydrogen-bond donors (Lipinski definition) is 2. The summed E-state index contributed by atoms with van der Waals surface area (Å²) in [5.41, 5.74) is 1.01. The molecule has 1 unspecified atom stereocenters. The van der Waals surface area contributed by atoms with Gasteiger partial charge in [0.25, 0.3) is 5.91 Å². The van der Waals surface area contributed by atoms with Gasteiger partial charge in [-0.1, -0.05) is 30.3 Å². The van der Waals surface area contributed by atoms with Gasteiger partial charge in [-0.15, -0.1) is 0 Å². The molecular weight excluding hydrogens is 336 g/mol. The van der Waals surface area contributed by atoms with Crippen LogP contribution in [0.3, 0.4) is 0 Å². The summed E-state index contributed by atoms with van der Waals surface area (Å²) in [5.74, 6) is -0.528. The van der Waals surface area contributed by atoms with Gasteiger partial charge >= 0.3 is 0 Å². The largest absolute Gasteiger partial charge is 0.444 e. The van der Waals surface area contributed by atoms with Crippen molar-refractivity contribution in [3.8, 4) is 0 Å². The summed E-state index contributed by atoms with van der Waals surface area (Å²) in [6, 6.07) is 12.6. The van der Waals surface area contributed by atoms with Gasteiger partial charge in [-0.25, -0.2) is 0 Å². The van der Waals surface area contributed by atoms with Gasteiger partial charge in [-0.05, 0) is 40.5 Å². The Balaban J connectivity index is 1.81. The summed E-state index contributed by atoms with van der Waals surface area (Å²) in [4.78, 5) is 23.5. The summed E-state index contributed by atoms with van der Waals surface area (Å²) in [6.07, 6.45) is 0. The molecule has 2 aromatic rings. The van der Waals surface area contributed by atoms with Crippen molar-refractivity contribution in [3.05, 3.63) is 58.5 Å². The van der Waals surface area contributed by atoms with E-state index in [2.05, 4.69) is 26.6 Å². The molecule has 21 heavy (non-hydrogen) atoms. The van der Waals surface area contributed by atoms with Crippen molar-refractivity contribution in [2.24, 2.45) is 0 Å².